The van der Waals surface area contributed by atoms with Crippen LogP contribution in [0, 0.1) is 0 Å². The van der Waals surface area contributed by atoms with Crippen molar-refractivity contribution in [2.75, 3.05) is 5.06 Å². The van der Waals surface area contributed by atoms with Crippen molar-refractivity contribution < 1.29 is 10.0 Å². The van der Waals surface area contributed by atoms with E-state index in [0.717, 1.165) is 5.56 Å². The van der Waals surface area contributed by atoms with E-state index in [1.54, 1.807) is 24.3 Å². The van der Waals surface area contributed by atoms with Crippen LogP contribution in [0.15, 0.2) is 60.7 Å². The zero-order valence-corrected chi connectivity index (χ0v) is 9.28. The van der Waals surface area contributed by atoms with Crippen molar-refractivity contribution in [1.82, 2.24) is 0 Å². The van der Waals surface area contributed by atoms with Crippen molar-refractivity contribution in [2.45, 2.75) is 6.42 Å². The molecule has 17 heavy (non-hydrogen) atoms. The van der Waals surface area contributed by atoms with Crippen molar-refractivity contribution in [3.05, 3.63) is 66.2 Å². The van der Waals surface area contributed by atoms with Gasteiger partial charge in [0.25, 0.3) is 5.91 Å². The number of amides is 1. The fraction of sp³-hybridized carbons (Fsp3) is 0.0714. The molecule has 0 aliphatic carbocycles. The lowest BCUT2D eigenvalue weighted by Gasteiger charge is -2.14. The molecule has 2 aromatic rings. The van der Waals surface area contributed by atoms with E-state index in [4.69, 9.17) is 0 Å². The second-order valence-electron chi connectivity index (χ2n) is 3.70. The van der Waals surface area contributed by atoms with Crippen LogP contribution in [0.3, 0.4) is 0 Å². The Morgan fingerprint density at radius 1 is 0.941 bits per heavy atom. The number of hydroxylamine groups is 1. The molecule has 0 aliphatic rings. The van der Waals surface area contributed by atoms with Gasteiger partial charge in [-0.15, -0.1) is 0 Å². The van der Waals surface area contributed by atoms with Gasteiger partial charge >= 0.3 is 0 Å². The largest absolute Gasteiger partial charge is 0.281 e. The summed E-state index contributed by atoms with van der Waals surface area (Å²) in [6.45, 7) is 0. The monoisotopic (exact) mass is 227 g/mol. The van der Waals surface area contributed by atoms with Gasteiger partial charge in [0.05, 0.1) is 12.1 Å². The normalized spacial score (nSPS) is 9.94. The van der Waals surface area contributed by atoms with Gasteiger partial charge in [0.1, 0.15) is 0 Å². The molecule has 0 spiro atoms. The Morgan fingerprint density at radius 2 is 1.47 bits per heavy atom. The quantitative estimate of drug-likeness (QED) is 0.647. The van der Waals surface area contributed by atoms with Crippen molar-refractivity contribution in [3.8, 4) is 0 Å². The van der Waals surface area contributed by atoms with E-state index in [2.05, 4.69) is 0 Å². The number of rotatable bonds is 3. The third-order valence-electron chi connectivity index (χ3n) is 2.44. The molecule has 0 aliphatic heterocycles. The minimum atomic E-state index is -0.345. The maximum absolute atomic E-state index is 11.8. The van der Waals surface area contributed by atoms with Crippen LogP contribution in [0.1, 0.15) is 5.56 Å². The minimum absolute atomic E-state index is 0.187. The topological polar surface area (TPSA) is 40.5 Å². The molecule has 0 saturated carbocycles. The number of para-hydroxylation sites is 1. The summed E-state index contributed by atoms with van der Waals surface area (Å²) >= 11 is 0. The van der Waals surface area contributed by atoms with Crippen LogP contribution < -0.4 is 5.06 Å². The van der Waals surface area contributed by atoms with E-state index in [1.807, 2.05) is 36.4 Å². The van der Waals surface area contributed by atoms with Gasteiger partial charge in [-0.25, -0.2) is 0 Å². The fourth-order valence-electron chi connectivity index (χ4n) is 1.56. The molecule has 0 bridgehead atoms. The summed E-state index contributed by atoms with van der Waals surface area (Å²) in [4.78, 5) is 11.8. The van der Waals surface area contributed by atoms with Crippen LogP contribution in [0.25, 0.3) is 0 Å². The number of nitrogens with zero attached hydrogens (tertiary/aromatic N) is 1. The molecule has 0 fully saturated rings. The molecule has 0 heterocycles. The lowest BCUT2D eigenvalue weighted by molar-refractivity contribution is -0.122. The lowest BCUT2D eigenvalue weighted by Crippen LogP contribution is -2.28. The van der Waals surface area contributed by atoms with Crippen LogP contribution in [0.2, 0.25) is 0 Å². The number of benzene rings is 2. The Morgan fingerprint density at radius 3 is 2.06 bits per heavy atom. The Bertz CT molecular complexity index is 482. The maximum atomic E-state index is 11.8. The SMILES string of the molecule is O=C(Cc1ccccc1)N(O)c1ccccc1. The average molecular weight is 227 g/mol. The summed E-state index contributed by atoms with van der Waals surface area (Å²) in [6, 6.07) is 18.1. The van der Waals surface area contributed by atoms with Gasteiger partial charge in [0, 0.05) is 0 Å². The number of carbonyl (C=O) groups excluding carboxylic acids is 1. The predicted octanol–water partition coefficient (Wildman–Crippen LogP) is 2.65. The third-order valence-corrected chi connectivity index (χ3v) is 2.44. The fourth-order valence-corrected chi connectivity index (χ4v) is 1.56. The van der Waals surface area contributed by atoms with Gasteiger partial charge in [-0.1, -0.05) is 48.5 Å². The van der Waals surface area contributed by atoms with Crippen molar-refractivity contribution in [2.24, 2.45) is 0 Å². The smallest absolute Gasteiger partial charge is 0.255 e. The van der Waals surface area contributed by atoms with Gasteiger partial charge in [0.15, 0.2) is 0 Å². The van der Waals surface area contributed by atoms with E-state index < -0.39 is 0 Å². The maximum Gasteiger partial charge on any atom is 0.255 e. The highest BCUT2D eigenvalue weighted by molar-refractivity contribution is 5.92. The summed E-state index contributed by atoms with van der Waals surface area (Å²) in [5.74, 6) is -0.345. The molecule has 2 rings (SSSR count). The summed E-state index contributed by atoms with van der Waals surface area (Å²) in [7, 11) is 0. The van der Waals surface area contributed by atoms with Crippen LogP contribution in [-0.4, -0.2) is 11.1 Å². The van der Waals surface area contributed by atoms with Crippen molar-refractivity contribution in [1.29, 1.82) is 0 Å². The van der Waals surface area contributed by atoms with Crippen LogP contribution in [-0.2, 0) is 11.2 Å². The Hall–Kier alpha value is -2.13. The molecule has 2 aromatic carbocycles. The summed E-state index contributed by atoms with van der Waals surface area (Å²) in [6.07, 6.45) is 0.187. The molecule has 0 saturated heterocycles. The molecular formula is C14H13NO2. The molecule has 0 radical (unpaired) electrons. The zero-order chi connectivity index (χ0) is 12.1. The number of carbonyl (C=O) groups is 1. The van der Waals surface area contributed by atoms with E-state index in [9.17, 15) is 10.0 Å². The Balaban J connectivity index is 2.06. The Kier molecular flexibility index (Phi) is 3.52. The minimum Gasteiger partial charge on any atom is -0.281 e. The van der Waals surface area contributed by atoms with Gasteiger partial charge in [-0.2, -0.15) is 5.06 Å². The highest BCUT2D eigenvalue weighted by Crippen LogP contribution is 2.12. The molecular weight excluding hydrogens is 214 g/mol. The van der Waals surface area contributed by atoms with Crippen molar-refractivity contribution >= 4 is 11.6 Å². The van der Waals surface area contributed by atoms with E-state index in [1.165, 1.54) is 0 Å². The molecule has 0 atom stereocenters. The third kappa shape index (κ3) is 2.92. The number of anilines is 1. The highest BCUT2D eigenvalue weighted by atomic mass is 16.5. The second-order valence-corrected chi connectivity index (χ2v) is 3.70. The summed E-state index contributed by atoms with van der Waals surface area (Å²) in [5, 5.41) is 10.4. The van der Waals surface area contributed by atoms with Gasteiger partial charge in [-0.05, 0) is 17.7 Å². The van der Waals surface area contributed by atoms with E-state index >= 15 is 0 Å². The first-order valence-electron chi connectivity index (χ1n) is 5.38. The summed E-state index contributed by atoms with van der Waals surface area (Å²) in [5.41, 5.74) is 1.36. The van der Waals surface area contributed by atoms with E-state index in [0.29, 0.717) is 10.8 Å². The molecule has 3 nitrogen and oxygen atoms in total. The van der Waals surface area contributed by atoms with Crippen LogP contribution >= 0.6 is 0 Å². The predicted molar refractivity (Wildman–Crippen MR) is 65.9 cm³/mol. The van der Waals surface area contributed by atoms with Gasteiger partial charge < -0.3 is 0 Å². The molecule has 86 valence electrons. The molecule has 1 amide bonds. The van der Waals surface area contributed by atoms with Gasteiger partial charge in [0.2, 0.25) is 0 Å². The first-order valence-corrected chi connectivity index (χ1v) is 5.38. The number of hydrogen-bond acceptors (Lipinski definition) is 2. The first-order chi connectivity index (χ1) is 8.27. The van der Waals surface area contributed by atoms with E-state index in [-0.39, 0.29) is 12.3 Å². The summed E-state index contributed by atoms with van der Waals surface area (Å²) < 4.78 is 0. The van der Waals surface area contributed by atoms with Crippen molar-refractivity contribution in [3.63, 3.8) is 0 Å². The van der Waals surface area contributed by atoms with Crippen LogP contribution in [0.4, 0.5) is 5.69 Å². The highest BCUT2D eigenvalue weighted by Gasteiger charge is 2.12. The molecule has 0 aromatic heterocycles. The second kappa shape index (κ2) is 5.27. The number of hydrogen-bond donors (Lipinski definition) is 1. The Labute approximate surface area is 99.9 Å². The molecule has 0 unspecified atom stereocenters. The lowest BCUT2D eigenvalue weighted by atomic mass is 10.1. The molecule has 1 N–H and O–H groups in total. The standard InChI is InChI=1S/C14H13NO2/c16-14(11-12-7-3-1-4-8-12)15(17)13-9-5-2-6-10-13/h1-10,17H,11H2. The average Bonchev–Trinajstić information content (AvgIpc) is 2.40. The molecule has 3 heteroatoms. The first kappa shape index (κ1) is 11.4. The van der Waals surface area contributed by atoms with Crippen LogP contribution in [0.5, 0.6) is 0 Å². The van der Waals surface area contributed by atoms with Gasteiger partial charge in [-0.3, -0.25) is 10.0 Å². The zero-order valence-electron chi connectivity index (χ0n) is 9.28.